The number of hydrogen-bond donors (Lipinski definition) is 6. The maximum atomic E-state index is 10.4. The van der Waals surface area contributed by atoms with Crippen LogP contribution in [0.4, 0.5) is 0 Å². The Labute approximate surface area is 199 Å². The molecular formula is C25H50O8. The van der Waals surface area contributed by atoms with Crippen LogP contribution in [0.3, 0.4) is 0 Å². The van der Waals surface area contributed by atoms with Gasteiger partial charge in [-0.05, 0) is 6.42 Å². The minimum atomic E-state index is -1.50. The van der Waals surface area contributed by atoms with E-state index in [-0.39, 0.29) is 6.61 Å². The molecule has 0 bridgehead atoms. The van der Waals surface area contributed by atoms with Gasteiger partial charge in [0, 0.05) is 5.92 Å². The quantitative estimate of drug-likeness (QED) is 0.155. The van der Waals surface area contributed by atoms with Crippen molar-refractivity contribution in [2.75, 3.05) is 13.2 Å². The van der Waals surface area contributed by atoms with Gasteiger partial charge in [0.2, 0.25) is 0 Å². The highest BCUT2D eigenvalue weighted by molar-refractivity contribution is 4.89. The Kier molecular flexibility index (Phi) is 16.8. The zero-order valence-electron chi connectivity index (χ0n) is 20.7. The van der Waals surface area contributed by atoms with Crippen LogP contribution in [0.1, 0.15) is 97.3 Å². The Hall–Kier alpha value is -0.320. The molecule has 1 saturated heterocycles. The fraction of sp³-hybridized carbons (Fsp3) is 1.00. The predicted molar refractivity (Wildman–Crippen MR) is 127 cm³/mol. The van der Waals surface area contributed by atoms with E-state index in [1.807, 2.05) is 0 Å². The van der Waals surface area contributed by atoms with Crippen LogP contribution in [0.25, 0.3) is 0 Å². The Morgan fingerprint density at radius 2 is 1.27 bits per heavy atom. The summed E-state index contributed by atoms with van der Waals surface area (Å²) in [6.07, 6.45) is 6.87. The SMILES string of the molecule is CCCCCCCCCCCCCC[C@@H](O)[C@@H](O)[C@@H](C)COC1OC(CO)C(O)C(O)C1O. The van der Waals surface area contributed by atoms with E-state index >= 15 is 0 Å². The number of rotatable bonds is 19. The molecule has 0 amide bonds. The van der Waals surface area contributed by atoms with Crippen molar-refractivity contribution in [1.29, 1.82) is 0 Å². The zero-order chi connectivity index (χ0) is 24.6. The average Bonchev–Trinajstić information content (AvgIpc) is 2.82. The second-order valence-corrected chi connectivity index (χ2v) is 9.74. The molecule has 0 aromatic carbocycles. The van der Waals surface area contributed by atoms with Gasteiger partial charge in [-0.1, -0.05) is 90.9 Å². The summed E-state index contributed by atoms with van der Waals surface area (Å²) in [4.78, 5) is 0. The van der Waals surface area contributed by atoms with Gasteiger partial charge in [-0.25, -0.2) is 0 Å². The van der Waals surface area contributed by atoms with Crippen molar-refractivity contribution < 1.29 is 40.1 Å². The lowest BCUT2D eigenvalue weighted by Gasteiger charge is -2.40. The molecule has 0 spiro atoms. The second kappa shape index (κ2) is 18.0. The lowest BCUT2D eigenvalue weighted by molar-refractivity contribution is -0.304. The molecular weight excluding hydrogens is 428 g/mol. The minimum Gasteiger partial charge on any atom is -0.394 e. The Morgan fingerprint density at radius 3 is 1.79 bits per heavy atom. The van der Waals surface area contributed by atoms with Gasteiger partial charge in [-0.15, -0.1) is 0 Å². The lowest BCUT2D eigenvalue weighted by Crippen LogP contribution is -2.59. The largest absolute Gasteiger partial charge is 0.394 e. The Morgan fingerprint density at radius 1 is 0.758 bits per heavy atom. The third-order valence-corrected chi connectivity index (χ3v) is 6.70. The number of unbranched alkanes of at least 4 members (excludes halogenated alkanes) is 11. The molecule has 1 aliphatic rings. The molecule has 1 fully saturated rings. The third-order valence-electron chi connectivity index (χ3n) is 6.70. The van der Waals surface area contributed by atoms with Gasteiger partial charge in [-0.2, -0.15) is 0 Å². The fourth-order valence-corrected chi connectivity index (χ4v) is 4.29. The van der Waals surface area contributed by atoms with Crippen molar-refractivity contribution in [3.8, 4) is 0 Å². The maximum Gasteiger partial charge on any atom is 0.186 e. The van der Waals surface area contributed by atoms with Crippen LogP contribution >= 0.6 is 0 Å². The molecule has 1 heterocycles. The summed E-state index contributed by atoms with van der Waals surface area (Å²) >= 11 is 0. The molecule has 198 valence electrons. The van der Waals surface area contributed by atoms with Crippen LogP contribution < -0.4 is 0 Å². The van der Waals surface area contributed by atoms with Gasteiger partial charge in [0.15, 0.2) is 6.29 Å². The van der Waals surface area contributed by atoms with E-state index in [4.69, 9.17) is 9.47 Å². The van der Waals surface area contributed by atoms with Crippen LogP contribution in [0.2, 0.25) is 0 Å². The van der Waals surface area contributed by atoms with Crippen LogP contribution in [-0.4, -0.2) is 86.8 Å². The third kappa shape index (κ3) is 11.8. The van der Waals surface area contributed by atoms with Crippen molar-refractivity contribution in [1.82, 2.24) is 0 Å². The monoisotopic (exact) mass is 478 g/mol. The summed E-state index contributed by atoms with van der Waals surface area (Å²) in [5, 5.41) is 59.5. The molecule has 0 aromatic heterocycles. The van der Waals surface area contributed by atoms with Gasteiger partial charge in [0.1, 0.15) is 24.4 Å². The normalized spacial score (nSPS) is 28.5. The predicted octanol–water partition coefficient (Wildman–Crippen LogP) is 2.25. The molecule has 8 nitrogen and oxygen atoms in total. The van der Waals surface area contributed by atoms with E-state index in [0.717, 1.165) is 19.3 Å². The summed E-state index contributed by atoms with van der Waals surface area (Å²) in [5.74, 6) is -0.426. The topological polar surface area (TPSA) is 140 Å². The highest BCUT2D eigenvalue weighted by Crippen LogP contribution is 2.23. The second-order valence-electron chi connectivity index (χ2n) is 9.74. The van der Waals surface area contributed by atoms with Crippen molar-refractivity contribution >= 4 is 0 Å². The van der Waals surface area contributed by atoms with E-state index in [2.05, 4.69) is 6.92 Å². The molecule has 6 N–H and O–H groups in total. The molecule has 0 saturated carbocycles. The van der Waals surface area contributed by atoms with E-state index in [1.54, 1.807) is 6.92 Å². The summed E-state index contributed by atoms with van der Waals surface area (Å²) < 4.78 is 10.8. The van der Waals surface area contributed by atoms with Gasteiger partial charge < -0.3 is 40.1 Å². The van der Waals surface area contributed by atoms with Crippen LogP contribution in [0.5, 0.6) is 0 Å². The zero-order valence-corrected chi connectivity index (χ0v) is 20.7. The Balaban J connectivity index is 2.12. The van der Waals surface area contributed by atoms with Gasteiger partial charge in [0.05, 0.1) is 25.4 Å². The fourth-order valence-electron chi connectivity index (χ4n) is 4.29. The summed E-state index contributed by atoms with van der Waals surface area (Å²) in [7, 11) is 0. The van der Waals surface area contributed by atoms with Crippen molar-refractivity contribution in [3.63, 3.8) is 0 Å². The van der Waals surface area contributed by atoms with E-state index < -0.39 is 55.4 Å². The number of aliphatic hydroxyl groups is 6. The first-order chi connectivity index (χ1) is 15.8. The highest BCUT2D eigenvalue weighted by atomic mass is 16.7. The minimum absolute atomic E-state index is 0.0145. The smallest absolute Gasteiger partial charge is 0.186 e. The van der Waals surface area contributed by atoms with E-state index in [1.165, 1.54) is 57.8 Å². The molecule has 5 unspecified atom stereocenters. The highest BCUT2D eigenvalue weighted by Gasteiger charge is 2.44. The number of hydrogen-bond acceptors (Lipinski definition) is 8. The lowest BCUT2D eigenvalue weighted by atomic mass is 9.96. The Bertz CT molecular complexity index is 464. The van der Waals surface area contributed by atoms with Gasteiger partial charge in [0.25, 0.3) is 0 Å². The maximum absolute atomic E-state index is 10.4. The molecule has 0 aromatic rings. The number of ether oxygens (including phenoxy) is 2. The van der Waals surface area contributed by atoms with E-state index in [9.17, 15) is 30.6 Å². The molecule has 33 heavy (non-hydrogen) atoms. The standard InChI is InChI=1S/C25H50O8/c1-3-4-5-6-7-8-9-10-11-12-13-14-15-19(27)21(28)18(2)17-32-25-24(31)23(30)22(29)20(16-26)33-25/h18-31H,3-17H2,1-2H3/t18-,19+,20?,21-,22?,23?,24?,25?/m0/s1. The first kappa shape index (κ1) is 30.7. The first-order valence-corrected chi connectivity index (χ1v) is 13.1. The molecule has 1 rings (SSSR count). The van der Waals surface area contributed by atoms with Crippen molar-refractivity contribution in [2.45, 2.75) is 140 Å². The molecule has 8 atom stereocenters. The van der Waals surface area contributed by atoms with Crippen LogP contribution in [0, 0.1) is 5.92 Å². The summed E-state index contributed by atoms with van der Waals surface area (Å²) in [6, 6.07) is 0. The van der Waals surface area contributed by atoms with Crippen LogP contribution in [0.15, 0.2) is 0 Å². The summed E-state index contributed by atoms with van der Waals surface area (Å²) in [6.45, 7) is 3.42. The molecule has 0 aliphatic carbocycles. The van der Waals surface area contributed by atoms with Crippen LogP contribution in [-0.2, 0) is 9.47 Å². The van der Waals surface area contributed by atoms with Gasteiger partial charge in [-0.3, -0.25) is 0 Å². The van der Waals surface area contributed by atoms with Gasteiger partial charge >= 0.3 is 0 Å². The number of aliphatic hydroxyl groups excluding tert-OH is 6. The molecule has 8 heteroatoms. The molecule has 1 aliphatic heterocycles. The molecule has 0 radical (unpaired) electrons. The first-order valence-electron chi connectivity index (χ1n) is 13.1. The summed E-state index contributed by atoms with van der Waals surface area (Å²) in [5.41, 5.74) is 0. The van der Waals surface area contributed by atoms with Crippen molar-refractivity contribution in [3.05, 3.63) is 0 Å². The van der Waals surface area contributed by atoms with Crippen molar-refractivity contribution in [2.24, 2.45) is 5.92 Å². The van der Waals surface area contributed by atoms with E-state index in [0.29, 0.717) is 6.42 Å². The average molecular weight is 479 g/mol.